The fourth-order valence-electron chi connectivity index (χ4n) is 2.67. The van der Waals surface area contributed by atoms with Crippen LogP contribution in [0, 0.1) is 0 Å². The summed E-state index contributed by atoms with van der Waals surface area (Å²) < 4.78 is 27.4. The third-order valence-corrected chi connectivity index (χ3v) is 5.57. The molecular formula is C15H21ClN2O4S. The van der Waals surface area contributed by atoms with Crippen LogP contribution >= 0.6 is 11.6 Å². The first-order valence-corrected chi connectivity index (χ1v) is 9.45. The molecule has 1 saturated heterocycles. The Labute approximate surface area is 141 Å². The van der Waals surface area contributed by atoms with Crippen molar-refractivity contribution >= 4 is 27.6 Å². The van der Waals surface area contributed by atoms with Crippen LogP contribution in [0.15, 0.2) is 29.2 Å². The van der Waals surface area contributed by atoms with Crippen molar-refractivity contribution in [3.05, 3.63) is 29.3 Å². The second kappa shape index (κ2) is 8.10. The van der Waals surface area contributed by atoms with Gasteiger partial charge in [0.2, 0.25) is 10.0 Å². The Kier molecular flexibility index (Phi) is 6.41. The molecule has 0 saturated carbocycles. The highest BCUT2D eigenvalue weighted by atomic mass is 35.5. The number of carboxylic acids is 1. The van der Waals surface area contributed by atoms with Crippen LogP contribution in [-0.4, -0.2) is 50.1 Å². The lowest BCUT2D eigenvalue weighted by Crippen LogP contribution is -2.37. The SMILES string of the molecule is O=C(O)CCCCN1CCC(NS(=O)(=O)c2cccc(Cl)c2)C1. The molecular weight excluding hydrogens is 340 g/mol. The van der Waals surface area contributed by atoms with Crippen LogP contribution in [0.2, 0.25) is 5.02 Å². The van der Waals surface area contributed by atoms with Crippen molar-refractivity contribution in [2.75, 3.05) is 19.6 Å². The molecule has 128 valence electrons. The van der Waals surface area contributed by atoms with Gasteiger partial charge in [-0.15, -0.1) is 0 Å². The number of carbonyl (C=O) groups is 1. The van der Waals surface area contributed by atoms with Gasteiger partial charge in [-0.2, -0.15) is 0 Å². The Bertz CT molecular complexity index is 651. The molecule has 8 heteroatoms. The number of hydrogen-bond acceptors (Lipinski definition) is 4. The molecule has 1 aliphatic rings. The first kappa shape index (κ1) is 18.2. The Hall–Kier alpha value is -1.15. The van der Waals surface area contributed by atoms with Gasteiger partial charge in [0.15, 0.2) is 0 Å². The number of nitrogens with zero attached hydrogens (tertiary/aromatic N) is 1. The normalized spacial score (nSPS) is 19.1. The fourth-order valence-corrected chi connectivity index (χ4v) is 4.23. The zero-order chi connectivity index (χ0) is 16.9. The average molecular weight is 361 g/mol. The molecule has 0 spiro atoms. The number of hydrogen-bond donors (Lipinski definition) is 2. The maximum Gasteiger partial charge on any atom is 0.303 e. The van der Waals surface area contributed by atoms with E-state index in [1.807, 2.05) is 0 Å². The summed E-state index contributed by atoms with van der Waals surface area (Å²) in [6.45, 7) is 2.26. The van der Waals surface area contributed by atoms with Crippen LogP contribution in [0.25, 0.3) is 0 Å². The lowest BCUT2D eigenvalue weighted by Gasteiger charge is -2.16. The van der Waals surface area contributed by atoms with Crippen molar-refractivity contribution in [1.29, 1.82) is 0 Å². The molecule has 2 N–H and O–H groups in total. The molecule has 0 aromatic heterocycles. The van der Waals surface area contributed by atoms with Crippen molar-refractivity contribution in [2.45, 2.75) is 36.6 Å². The number of aliphatic carboxylic acids is 1. The van der Waals surface area contributed by atoms with E-state index in [-0.39, 0.29) is 17.4 Å². The van der Waals surface area contributed by atoms with Gasteiger partial charge >= 0.3 is 5.97 Å². The Balaban J connectivity index is 1.82. The van der Waals surface area contributed by atoms with Crippen molar-refractivity contribution in [3.63, 3.8) is 0 Å². The number of carboxylic acid groups (broad SMARTS) is 1. The monoisotopic (exact) mass is 360 g/mol. The largest absolute Gasteiger partial charge is 0.481 e. The summed E-state index contributed by atoms with van der Waals surface area (Å²) in [6, 6.07) is 6.07. The van der Waals surface area contributed by atoms with Crippen molar-refractivity contribution in [2.24, 2.45) is 0 Å². The van der Waals surface area contributed by atoms with Gasteiger partial charge in [-0.05, 0) is 50.6 Å². The molecule has 0 bridgehead atoms. The lowest BCUT2D eigenvalue weighted by molar-refractivity contribution is -0.137. The van der Waals surface area contributed by atoms with Crippen LogP contribution < -0.4 is 4.72 Å². The molecule has 1 aromatic carbocycles. The van der Waals surface area contributed by atoms with Gasteiger partial charge in [-0.25, -0.2) is 13.1 Å². The molecule has 1 heterocycles. The summed E-state index contributed by atoms with van der Waals surface area (Å²) in [5, 5.41) is 8.99. The van der Waals surface area contributed by atoms with Crippen molar-refractivity contribution < 1.29 is 18.3 Å². The first-order chi connectivity index (χ1) is 10.9. The molecule has 6 nitrogen and oxygen atoms in total. The van der Waals surface area contributed by atoms with Gasteiger partial charge in [-0.1, -0.05) is 17.7 Å². The number of rotatable bonds is 8. The Morgan fingerprint density at radius 3 is 2.87 bits per heavy atom. The molecule has 0 amide bonds. The summed E-state index contributed by atoms with van der Waals surface area (Å²) in [5.74, 6) is -0.779. The van der Waals surface area contributed by atoms with Crippen molar-refractivity contribution in [1.82, 2.24) is 9.62 Å². The molecule has 2 rings (SSSR count). The van der Waals surface area contributed by atoms with Gasteiger partial charge in [0.1, 0.15) is 0 Å². The van der Waals surface area contributed by atoms with E-state index in [1.54, 1.807) is 12.1 Å². The van der Waals surface area contributed by atoms with E-state index in [2.05, 4.69) is 9.62 Å². The summed E-state index contributed by atoms with van der Waals surface area (Å²) >= 11 is 5.84. The summed E-state index contributed by atoms with van der Waals surface area (Å²) in [6.07, 6.45) is 2.38. The van der Waals surface area contributed by atoms with E-state index >= 15 is 0 Å². The molecule has 1 unspecified atom stereocenters. The van der Waals surface area contributed by atoms with Gasteiger partial charge in [0.25, 0.3) is 0 Å². The fraction of sp³-hybridized carbons (Fsp3) is 0.533. The van der Waals surface area contributed by atoms with Gasteiger partial charge in [-0.3, -0.25) is 4.79 Å². The third-order valence-electron chi connectivity index (χ3n) is 3.82. The van der Waals surface area contributed by atoms with E-state index in [4.69, 9.17) is 16.7 Å². The van der Waals surface area contributed by atoms with Gasteiger partial charge in [0, 0.05) is 24.0 Å². The molecule has 0 aliphatic carbocycles. The van der Waals surface area contributed by atoms with E-state index in [0.717, 1.165) is 25.9 Å². The maximum atomic E-state index is 12.3. The van der Waals surface area contributed by atoms with Crippen molar-refractivity contribution in [3.8, 4) is 0 Å². The van der Waals surface area contributed by atoms with Crippen LogP contribution in [0.1, 0.15) is 25.7 Å². The summed E-state index contributed by atoms with van der Waals surface area (Å²) in [5.41, 5.74) is 0. The Morgan fingerprint density at radius 2 is 2.17 bits per heavy atom. The lowest BCUT2D eigenvalue weighted by atomic mass is 10.2. The van der Waals surface area contributed by atoms with Crippen LogP contribution in [-0.2, 0) is 14.8 Å². The molecule has 23 heavy (non-hydrogen) atoms. The van der Waals surface area contributed by atoms with Gasteiger partial charge < -0.3 is 10.0 Å². The van der Waals surface area contributed by atoms with E-state index in [1.165, 1.54) is 12.1 Å². The second-order valence-electron chi connectivity index (χ2n) is 5.72. The zero-order valence-electron chi connectivity index (χ0n) is 12.7. The molecule has 1 aliphatic heterocycles. The van der Waals surface area contributed by atoms with Crippen LogP contribution in [0.3, 0.4) is 0 Å². The molecule has 1 fully saturated rings. The number of nitrogens with one attached hydrogen (secondary N) is 1. The molecule has 1 aromatic rings. The highest BCUT2D eigenvalue weighted by Gasteiger charge is 2.27. The predicted octanol–water partition coefficient (Wildman–Crippen LogP) is 1.95. The summed E-state index contributed by atoms with van der Waals surface area (Å²) in [4.78, 5) is 12.8. The first-order valence-electron chi connectivity index (χ1n) is 7.59. The number of halogens is 1. The van der Waals surface area contributed by atoms with E-state index in [0.29, 0.717) is 18.0 Å². The quantitative estimate of drug-likeness (QED) is 0.692. The van der Waals surface area contributed by atoms with E-state index < -0.39 is 16.0 Å². The maximum absolute atomic E-state index is 12.3. The number of unbranched alkanes of at least 4 members (excludes halogenated alkanes) is 1. The summed E-state index contributed by atoms with van der Waals surface area (Å²) in [7, 11) is -3.56. The topological polar surface area (TPSA) is 86.7 Å². The minimum atomic E-state index is -3.56. The highest BCUT2D eigenvalue weighted by Crippen LogP contribution is 2.18. The standard InChI is InChI=1S/C15H21ClN2O4S/c16-12-4-3-5-14(10-12)23(21,22)17-13-7-9-18(11-13)8-2-1-6-15(19)20/h3-5,10,13,17H,1-2,6-9,11H2,(H,19,20). The van der Waals surface area contributed by atoms with Crippen LogP contribution in [0.4, 0.5) is 0 Å². The molecule has 0 radical (unpaired) electrons. The minimum Gasteiger partial charge on any atom is -0.481 e. The second-order valence-corrected chi connectivity index (χ2v) is 7.87. The smallest absolute Gasteiger partial charge is 0.303 e. The van der Waals surface area contributed by atoms with Gasteiger partial charge in [0.05, 0.1) is 4.90 Å². The average Bonchev–Trinajstić information content (AvgIpc) is 2.90. The van der Waals surface area contributed by atoms with Crippen LogP contribution in [0.5, 0.6) is 0 Å². The third kappa shape index (κ3) is 5.76. The molecule has 1 atom stereocenters. The number of benzene rings is 1. The number of sulfonamides is 1. The Morgan fingerprint density at radius 1 is 1.39 bits per heavy atom. The zero-order valence-corrected chi connectivity index (χ0v) is 14.3. The predicted molar refractivity (Wildman–Crippen MR) is 88.1 cm³/mol. The minimum absolute atomic E-state index is 0.126. The number of likely N-dealkylation sites (tertiary alicyclic amines) is 1. The highest BCUT2D eigenvalue weighted by molar-refractivity contribution is 7.89. The van der Waals surface area contributed by atoms with E-state index in [9.17, 15) is 13.2 Å².